The molecule has 35 heavy (non-hydrogen) atoms. The lowest BCUT2D eigenvalue weighted by molar-refractivity contribution is 0.444. The Hall–Kier alpha value is -1.10. The molecular weight excluding hydrogens is 464 g/mol. The van der Waals surface area contributed by atoms with Crippen molar-refractivity contribution < 1.29 is 0 Å². The summed E-state index contributed by atoms with van der Waals surface area (Å²) in [5.41, 5.74) is 9.05. The Bertz CT molecular complexity index is 930. The van der Waals surface area contributed by atoms with E-state index < -0.39 is 0 Å². The van der Waals surface area contributed by atoms with E-state index in [0.717, 1.165) is 13.0 Å². The molecule has 4 heteroatoms. The van der Waals surface area contributed by atoms with Crippen LogP contribution in [0.15, 0.2) is 47.2 Å². The average Bonchev–Trinajstić information content (AvgIpc) is 3.13. The molecule has 0 saturated carbocycles. The molecule has 4 unspecified atom stereocenters. The van der Waals surface area contributed by atoms with Crippen LogP contribution < -0.4 is 5.32 Å². The van der Waals surface area contributed by atoms with Gasteiger partial charge in [0.15, 0.2) is 0 Å². The molecular formula is C31H48N2S2. The normalized spacial score (nSPS) is 22.4. The highest BCUT2D eigenvalue weighted by molar-refractivity contribution is 8.04. The average molecular weight is 513 g/mol. The van der Waals surface area contributed by atoms with Gasteiger partial charge in [0.25, 0.3) is 0 Å². The van der Waals surface area contributed by atoms with Gasteiger partial charge in [-0.05, 0) is 94.7 Å². The van der Waals surface area contributed by atoms with Gasteiger partial charge < -0.3 is 10.2 Å². The van der Waals surface area contributed by atoms with Crippen LogP contribution in [-0.2, 0) is 12.8 Å². The summed E-state index contributed by atoms with van der Waals surface area (Å²) in [6, 6.07) is 5.44. The summed E-state index contributed by atoms with van der Waals surface area (Å²) in [5.74, 6) is 0.574. The number of thioether (sulfide) groups is 1. The van der Waals surface area contributed by atoms with Gasteiger partial charge in [-0.25, -0.2) is 0 Å². The topological polar surface area (TPSA) is 15.3 Å². The SMILES string of the molecule is C=CN1C(C)=C(CNC(C)Cc2cc(CCCCC)cc(C)c2C2C=C(C)CCC2)SC1C(C)S. The van der Waals surface area contributed by atoms with Crippen LogP contribution >= 0.6 is 24.4 Å². The molecule has 1 N–H and O–H groups in total. The molecule has 2 aliphatic rings. The highest BCUT2D eigenvalue weighted by atomic mass is 32.2. The van der Waals surface area contributed by atoms with Crippen LogP contribution in [0.2, 0.25) is 0 Å². The van der Waals surface area contributed by atoms with Gasteiger partial charge in [0.1, 0.15) is 0 Å². The molecule has 1 aliphatic heterocycles. The first-order valence-corrected chi connectivity index (χ1v) is 15.1. The van der Waals surface area contributed by atoms with Crippen molar-refractivity contribution in [1.82, 2.24) is 10.2 Å². The monoisotopic (exact) mass is 512 g/mol. The highest BCUT2D eigenvalue weighted by Crippen LogP contribution is 2.41. The van der Waals surface area contributed by atoms with Crippen molar-refractivity contribution >= 4 is 24.4 Å². The molecule has 0 fully saturated rings. The molecule has 0 aromatic heterocycles. The Morgan fingerprint density at radius 3 is 2.63 bits per heavy atom. The van der Waals surface area contributed by atoms with E-state index >= 15 is 0 Å². The Balaban J connectivity index is 1.77. The number of rotatable bonds is 12. The van der Waals surface area contributed by atoms with Crippen LogP contribution in [0.1, 0.15) is 101 Å². The number of thiol groups is 1. The van der Waals surface area contributed by atoms with E-state index in [4.69, 9.17) is 12.6 Å². The molecule has 0 spiro atoms. The number of nitrogens with one attached hydrogen (secondary N) is 1. The molecule has 2 nitrogen and oxygen atoms in total. The molecule has 0 radical (unpaired) electrons. The van der Waals surface area contributed by atoms with Gasteiger partial charge in [-0.2, -0.15) is 12.6 Å². The summed E-state index contributed by atoms with van der Waals surface area (Å²) in [6.07, 6.45) is 14.5. The molecule has 0 saturated heterocycles. The molecule has 0 amide bonds. The number of hydrogen-bond donors (Lipinski definition) is 2. The quantitative estimate of drug-likeness (QED) is 0.166. The molecule has 4 atom stereocenters. The van der Waals surface area contributed by atoms with E-state index in [1.54, 1.807) is 16.7 Å². The van der Waals surface area contributed by atoms with Gasteiger partial charge in [-0.3, -0.25) is 0 Å². The Labute approximate surface area is 225 Å². The third kappa shape index (κ3) is 7.46. The second kappa shape index (κ2) is 13.4. The number of nitrogens with zero attached hydrogens (tertiary/aromatic N) is 1. The minimum Gasteiger partial charge on any atom is -0.338 e. The number of hydrogen-bond acceptors (Lipinski definition) is 4. The largest absolute Gasteiger partial charge is 0.338 e. The van der Waals surface area contributed by atoms with E-state index in [1.807, 2.05) is 18.0 Å². The summed E-state index contributed by atoms with van der Waals surface area (Å²) in [4.78, 5) is 3.70. The molecule has 1 aromatic rings. The van der Waals surface area contributed by atoms with Crippen LogP contribution in [0.25, 0.3) is 0 Å². The van der Waals surface area contributed by atoms with E-state index in [1.165, 1.54) is 66.7 Å². The van der Waals surface area contributed by atoms with Crippen molar-refractivity contribution in [2.24, 2.45) is 0 Å². The molecule has 0 bridgehead atoms. The van der Waals surface area contributed by atoms with Gasteiger partial charge in [-0.1, -0.05) is 57.0 Å². The van der Waals surface area contributed by atoms with Crippen molar-refractivity contribution in [3.8, 4) is 0 Å². The van der Waals surface area contributed by atoms with E-state index in [2.05, 4.69) is 76.5 Å². The minimum absolute atomic E-state index is 0.288. The fourth-order valence-corrected chi connectivity index (χ4v) is 7.36. The number of allylic oxidation sites excluding steroid dienone is 3. The predicted octanol–water partition coefficient (Wildman–Crippen LogP) is 8.53. The van der Waals surface area contributed by atoms with Crippen LogP contribution in [0.5, 0.6) is 0 Å². The van der Waals surface area contributed by atoms with E-state index in [9.17, 15) is 0 Å². The summed E-state index contributed by atoms with van der Waals surface area (Å²) in [7, 11) is 0. The van der Waals surface area contributed by atoms with Gasteiger partial charge in [0.05, 0.1) is 5.37 Å². The van der Waals surface area contributed by atoms with Crippen molar-refractivity contribution in [3.05, 3.63) is 69.4 Å². The zero-order valence-electron chi connectivity index (χ0n) is 23.0. The van der Waals surface area contributed by atoms with Crippen LogP contribution in [0, 0.1) is 6.92 Å². The lowest BCUT2D eigenvalue weighted by Crippen LogP contribution is -2.30. The summed E-state index contributed by atoms with van der Waals surface area (Å²) in [6.45, 7) is 18.6. The molecule has 1 aliphatic carbocycles. The second-order valence-corrected chi connectivity index (χ2v) is 12.8. The molecule has 194 valence electrons. The number of aryl methyl sites for hydroxylation is 2. The van der Waals surface area contributed by atoms with Gasteiger partial charge in [0.2, 0.25) is 0 Å². The van der Waals surface area contributed by atoms with Crippen molar-refractivity contribution in [1.29, 1.82) is 0 Å². The van der Waals surface area contributed by atoms with Gasteiger partial charge in [-0.15, -0.1) is 11.8 Å². The maximum Gasteiger partial charge on any atom is 0.0947 e. The first kappa shape index (κ1) is 28.5. The number of unbranched alkanes of at least 4 members (excludes halogenated alkanes) is 2. The lowest BCUT2D eigenvalue weighted by atomic mass is 9.80. The Morgan fingerprint density at radius 1 is 1.23 bits per heavy atom. The standard InChI is InChI=1S/C31H48N2S2/c1-8-10-11-14-26-17-22(4)30(27-15-12-13-21(3)16-27)28(19-26)18-23(5)32-20-29-24(6)33(9-2)31(35-29)25(7)34/h9,16-17,19,23,25,27,31-32,34H,2,8,10-15,18,20H2,1,3-7H3. The fourth-order valence-electron chi connectivity index (χ4n) is 5.75. The minimum atomic E-state index is 0.288. The van der Waals surface area contributed by atoms with Crippen LogP contribution in [-0.4, -0.2) is 28.1 Å². The fraction of sp³-hybridized carbons (Fsp3) is 0.613. The van der Waals surface area contributed by atoms with Crippen molar-refractivity contribution in [3.63, 3.8) is 0 Å². The zero-order valence-corrected chi connectivity index (χ0v) is 24.7. The number of benzene rings is 1. The summed E-state index contributed by atoms with van der Waals surface area (Å²) >= 11 is 6.66. The smallest absolute Gasteiger partial charge is 0.0947 e. The van der Waals surface area contributed by atoms with E-state index in [-0.39, 0.29) is 5.25 Å². The Morgan fingerprint density at radius 2 is 2.00 bits per heavy atom. The zero-order chi connectivity index (χ0) is 25.5. The maximum atomic E-state index is 4.72. The van der Waals surface area contributed by atoms with Crippen molar-refractivity contribution in [2.75, 3.05) is 6.54 Å². The summed E-state index contributed by atoms with van der Waals surface area (Å²) in [5, 5.41) is 4.48. The van der Waals surface area contributed by atoms with Gasteiger partial charge in [0, 0.05) is 34.4 Å². The van der Waals surface area contributed by atoms with Crippen LogP contribution in [0.4, 0.5) is 0 Å². The van der Waals surface area contributed by atoms with E-state index in [0.29, 0.717) is 17.3 Å². The third-order valence-corrected chi connectivity index (χ3v) is 9.70. The summed E-state index contributed by atoms with van der Waals surface area (Å²) < 4.78 is 0. The van der Waals surface area contributed by atoms with Gasteiger partial charge >= 0.3 is 0 Å². The molecule has 3 rings (SSSR count). The van der Waals surface area contributed by atoms with Crippen LogP contribution in [0.3, 0.4) is 0 Å². The highest BCUT2D eigenvalue weighted by Gasteiger charge is 2.31. The molecule has 1 heterocycles. The predicted molar refractivity (Wildman–Crippen MR) is 160 cm³/mol. The first-order chi connectivity index (χ1) is 16.7. The van der Waals surface area contributed by atoms with Crippen molar-refractivity contribution in [2.45, 2.75) is 115 Å². The Kier molecular flexibility index (Phi) is 10.9. The molecule has 1 aromatic carbocycles. The second-order valence-electron chi connectivity index (χ2n) is 10.8. The maximum absolute atomic E-state index is 4.72. The third-order valence-electron chi connectivity index (χ3n) is 7.62. The first-order valence-electron chi connectivity index (χ1n) is 13.7. The lowest BCUT2D eigenvalue weighted by Gasteiger charge is -2.27.